The van der Waals surface area contributed by atoms with Gasteiger partial charge in [0.05, 0.1) is 6.61 Å². The van der Waals surface area contributed by atoms with Crippen LogP contribution in [0.2, 0.25) is 0 Å². The topological polar surface area (TPSA) is 78.9 Å². The van der Waals surface area contributed by atoms with Gasteiger partial charge in [-0.15, -0.1) is 6.58 Å². The van der Waals surface area contributed by atoms with Crippen LogP contribution in [-0.4, -0.2) is 53.8 Å². The highest BCUT2D eigenvalue weighted by Gasteiger charge is 2.44. The highest BCUT2D eigenvalue weighted by atomic mass is 16.5. The Bertz CT molecular complexity index is 311. The monoisotopic (exact) mass is 242 g/mol. The number of hydrogen-bond donors (Lipinski definition) is 2. The van der Waals surface area contributed by atoms with Gasteiger partial charge in [0.15, 0.2) is 5.54 Å². The van der Waals surface area contributed by atoms with Crippen LogP contribution in [0, 0.1) is 0 Å². The van der Waals surface area contributed by atoms with E-state index in [9.17, 15) is 9.59 Å². The van der Waals surface area contributed by atoms with Crippen molar-refractivity contribution in [1.29, 1.82) is 0 Å². The largest absolute Gasteiger partial charge is 0.479 e. The van der Waals surface area contributed by atoms with Crippen molar-refractivity contribution in [2.45, 2.75) is 18.9 Å². The number of nitrogens with one attached hydrogen (secondary N) is 1. The van der Waals surface area contributed by atoms with Crippen molar-refractivity contribution in [2.75, 3.05) is 26.3 Å². The zero-order valence-corrected chi connectivity index (χ0v) is 9.94. The number of carbonyl (C=O) groups excluding carboxylic acids is 1. The van der Waals surface area contributed by atoms with Gasteiger partial charge >= 0.3 is 12.0 Å². The molecule has 1 saturated heterocycles. The van der Waals surface area contributed by atoms with E-state index >= 15 is 0 Å². The average Bonchev–Trinajstić information content (AvgIpc) is 2.75. The summed E-state index contributed by atoms with van der Waals surface area (Å²) in [6.07, 6.45) is 1.89. The number of carboxylic acids is 1. The van der Waals surface area contributed by atoms with E-state index in [4.69, 9.17) is 9.84 Å². The van der Waals surface area contributed by atoms with E-state index in [2.05, 4.69) is 11.9 Å². The summed E-state index contributed by atoms with van der Waals surface area (Å²) in [7, 11) is 0. The second kappa shape index (κ2) is 5.67. The third-order valence-electron chi connectivity index (χ3n) is 2.80. The number of ether oxygens (including phenoxy) is 1. The first kappa shape index (κ1) is 13.5. The van der Waals surface area contributed by atoms with Crippen LogP contribution in [0.4, 0.5) is 4.79 Å². The van der Waals surface area contributed by atoms with Crippen molar-refractivity contribution in [1.82, 2.24) is 10.2 Å². The first-order valence-electron chi connectivity index (χ1n) is 5.55. The van der Waals surface area contributed by atoms with Crippen LogP contribution in [0.5, 0.6) is 0 Å². The van der Waals surface area contributed by atoms with Gasteiger partial charge in [-0.2, -0.15) is 0 Å². The molecule has 1 aliphatic heterocycles. The number of nitrogens with zero attached hydrogens (tertiary/aromatic N) is 1. The summed E-state index contributed by atoms with van der Waals surface area (Å²) in [6.45, 7) is 6.62. The summed E-state index contributed by atoms with van der Waals surface area (Å²) in [5, 5.41) is 11.7. The van der Waals surface area contributed by atoms with Crippen molar-refractivity contribution < 1.29 is 19.4 Å². The molecule has 0 aromatic rings. The lowest BCUT2D eigenvalue weighted by Gasteiger charge is -2.28. The fourth-order valence-corrected chi connectivity index (χ4v) is 1.68. The standard InChI is InChI=1S/C11H18N2O4/c1-3-6-13(4-2)10(16)12-11(9(14)15)5-7-17-8-11/h3H,1,4-8H2,2H3,(H,12,16)(H,14,15). The molecule has 6 nitrogen and oxygen atoms in total. The normalized spacial score (nSPS) is 23.1. The molecule has 1 atom stereocenters. The van der Waals surface area contributed by atoms with Crippen LogP contribution in [0.15, 0.2) is 12.7 Å². The van der Waals surface area contributed by atoms with Crippen LogP contribution < -0.4 is 5.32 Å². The molecule has 0 aliphatic carbocycles. The summed E-state index contributed by atoms with van der Waals surface area (Å²) in [4.78, 5) is 24.6. The Balaban J connectivity index is 2.70. The number of aliphatic carboxylic acids is 1. The van der Waals surface area contributed by atoms with Gasteiger partial charge in [0, 0.05) is 26.1 Å². The maximum atomic E-state index is 11.9. The Morgan fingerprint density at radius 1 is 1.65 bits per heavy atom. The maximum absolute atomic E-state index is 11.9. The summed E-state index contributed by atoms with van der Waals surface area (Å²) >= 11 is 0. The molecule has 1 heterocycles. The third kappa shape index (κ3) is 2.97. The number of carboxylic acid groups (broad SMARTS) is 1. The fourth-order valence-electron chi connectivity index (χ4n) is 1.68. The third-order valence-corrected chi connectivity index (χ3v) is 2.80. The van der Waals surface area contributed by atoms with Gasteiger partial charge in [-0.1, -0.05) is 6.08 Å². The van der Waals surface area contributed by atoms with Gasteiger partial charge in [-0.3, -0.25) is 0 Å². The molecule has 1 unspecified atom stereocenters. The molecular formula is C11H18N2O4. The molecule has 0 bridgehead atoms. The molecule has 1 aliphatic rings. The highest BCUT2D eigenvalue weighted by molar-refractivity contribution is 5.86. The van der Waals surface area contributed by atoms with Crippen LogP contribution in [-0.2, 0) is 9.53 Å². The Labute approximate surface area is 100 Å². The molecular weight excluding hydrogens is 224 g/mol. The van der Waals surface area contributed by atoms with Gasteiger partial charge in [0.2, 0.25) is 0 Å². The Morgan fingerprint density at radius 3 is 2.76 bits per heavy atom. The lowest BCUT2D eigenvalue weighted by atomic mass is 9.99. The van der Waals surface area contributed by atoms with Crippen LogP contribution in [0.1, 0.15) is 13.3 Å². The number of likely N-dealkylation sites (N-methyl/N-ethyl adjacent to an activating group) is 1. The summed E-state index contributed by atoms with van der Waals surface area (Å²) in [5.74, 6) is -1.06. The molecule has 17 heavy (non-hydrogen) atoms. The number of urea groups is 1. The minimum absolute atomic E-state index is 0.0136. The van der Waals surface area contributed by atoms with E-state index in [1.807, 2.05) is 6.92 Å². The number of amides is 2. The molecule has 0 saturated carbocycles. The predicted molar refractivity (Wildman–Crippen MR) is 61.8 cm³/mol. The zero-order chi connectivity index (χ0) is 12.9. The average molecular weight is 242 g/mol. The molecule has 2 amide bonds. The summed E-state index contributed by atoms with van der Waals surface area (Å²) < 4.78 is 5.06. The minimum atomic E-state index is -1.29. The van der Waals surface area contributed by atoms with E-state index < -0.39 is 17.5 Å². The summed E-state index contributed by atoms with van der Waals surface area (Å²) in [6, 6.07) is -0.402. The van der Waals surface area contributed by atoms with Crippen molar-refractivity contribution >= 4 is 12.0 Å². The van der Waals surface area contributed by atoms with Gasteiger partial charge in [0.1, 0.15) is 0 Å². The molecule has 2 N–H and O–H groups in total. The van der Waals surface area contributed by atoms with E-state index in [1.54, 1.807) is 6.08 Å². The molecule has 96 valence electrons. The van der Waals surface area contributed by atoms with E-state index in [-0.39, 0.29) is 6.61 Å². The van der Waals surface area contributed by atoms with Crippen molar-refractivity contribution in [3.05, 3.63) is 12.7 Å². The lowest BCUT2D eigenvalue weighted by Crippen LogP contribution is -2.58. The molecule has 6 heteroatoms. The molecule has 1 rings (SSSR count). The minimum Gasteiger partial charge on any atom is -0.479 e. The first-order valence-corrected chi connectivity index (χ1v) is 5.55. The number of hydrogen-bond acceptors (Lipinski definition) is 3. The molecule has 0 spiro atoms. The maximum Gasteiger partial charge on any atom is 0.332 e. The first-order chi connectivity index (χ1) is 8.05. The number of carbonyl (C=O) groups is 2. The number of rotatable bonds is 5. The summed E-state index contributed by atoms with van der Waals surface area (Å²) in [5.41, 5.74) is -1.29. The highest BCUT2D eigenvalue weighted by Crippen LogP contribution is 2.19. The van der Waals surface area contributed by atoms with Crippen LogP contribution >= 0.6 is 0 Å². The van der Waals surface area contributed by atoms with Crippen LogP contribution in [0.3, 0.4) is 0 Å². The Hall–Kier alpha value is -1.56. The smallest absolute Gasteiger partial charge is 0.332 e. The lowest BCUT2D eigenvalue weighted by molar-refractivity contribution is -0.144. The second-order valence-corrected chi connectivity index (χ2v) is 3.95. The molecule has 0 aromatic heterocycles. The van der Waals surface area contributed by atoms with Crippen molar-refractivity contribution in [3.63, 3.8) is 0 Å². The fraction of sp³-hybridized carbons (Fsp3) is 0.636. The SMILES string of the molecule is C=CCN(CC)C(=O)NC1(C(=O)O)CCOC1. The van der Waals surface area contributed by atoms with E-state index in [0.29, 0.717) is 26.1 Å². The quantitative estimate of drug-likeness (QED) is 0.686. The van der Waals surface area contributed by atoms with Crippen molar-refractivity contribution in [2.24, 2.45) is 0 Å². The van der Waals surface area contributed by atoms with Gasteiger partial charge in [-0.25, -0.2) is 9.59 Å². The van der Waals surface area contributed by atoms with Crippen LogP contribution in [0.25, 0.3) is 0 Å². The van der Waals surface area contributed by atoms with Gasteiger partial charge < -0.3 is 20.1 Å². The molecule has 0 radical (unpaired) electrons. The molecule has 0 aromatic carbocycles. The van der Waals surface area contributed by atoms with E-state index in [0.717, 1.165) is 0 Å². The molecule has 1 fully saturated rings. The van der Waals surface area contributed by atoms with E-state index in [1.165, 1.54) is 4.90 Å². The Kier molecular flexibility index (Phi) is 4.51. The predicted octanol–water partition coefficient (Wildman–Crippen LogP) is 0.448. The van der Waals surface area contributed by atoms with Gasteiger partial charge in [-0.05, 0) is 6.92 Å². The zero-order valence-electron chi connectivity index (χ0n) is 9.94. The Morgan fingerprint density at radius 2 is 2.35 bits per heavy atom. The van der Waals surface area contributed by atoms with Gasteiger partial charge in [0.25, 0.3) is 0 Å². The second-order valence-electron chi connectivity index (χ2n) is 3.95. The van der Waals surface area contributed by atoms with Crippen molar-refractivity contribution in [3.8, 4) is 0 Å².